The molecule has 1 unspecified atom stereocenters. The van der Waals surface area contributed by atoms with Crippen LogP contribution in [0.3, 0.4) is 0 Å². The summed E-state index contributed by atoms with van der Waals surface area (Å²) in [4.78, 5) is 0.588. The Morgan fingerprint density at radius 3 is 3.00 bits per heavy atom. The fourth-order valence-corrected chi connectivity index (χ4v) is 1.54. The van der Waals surface area contributed by atoms with Crippen LogP contribution < -0.4 is 5.32 Å². The Kier molecular flexibility index (Phi) is 2.84. The van der Waals surface area contributed by atoms with Gasteiger partial charge in [0.25, 0.3) is 0 Å². The van der Waals surface area contributed by atoms with Gasteiger partial charge in [0.1, 0.15) is 0 Å². The number of halogens is 1. The summed E-state index contributed by atoms with van der Waals surface area (Å²) in [6.45, 7) is 1.19. The Balaban J connectivity index is 2.17. The quantitative estimate of drug-likeness (QED) is 0.441. The van der Waals surface area contributed by atoms with Crippen molar-refractivity contribution in [3.05, 3.63) is 0 Å². The fourth-order valence-electron chi connectivity index (χ4n) is 0.986. The molecule has 0 spiro atoms. The highest BCUT2D eigenvalue weighted by molar-refractivity contribution is 9.09. The maximum atomic E-state index is 3.53. The van der Waals surface area contributed by atoms with Gasteiger partial charge in [0.15, 0.2) is 0 Å². The average Bonchev–Trinajstić information content (AvgIpc) is 1.94. The maximum absolute atomic E-state index is 3.53. The molecule has 0 aromatic heterocycles. The standard InChI is InChI=1S/C6H12BrN/c7-6-4-2-1-3-5-8-6/h6,8H,1-5H2. The van der Waals surface area contributed by atoms with E-state index in [-0.39, 0.29) is 0 Å². The molecule has 0 saturated carbocycles. The normalized spacial score (nSPS) is 31.9. The number of alkyl halides is 1. The van der Waals surface area contributed by atoms with Crippen LogP contribution >= 0.6 is 15.9 Å². The van der Waals surface area contributed by atoms with Crippen LogP contribution in [0, 0.1) is 0 Å². The van der Waals surface area contributed by atoms with Crippen molar-refractivity contribution in [2.75, 3.05) is 6.54 Å². The van der Waals surface area contributed by atoms with E-state index in [4.69, 9.17) is 0 Å². The molecular weight excluding hydrogens is 166 g/mol. The lowest BCUT2D eigenvalue weighted by Gasteiger charge is -2.04. The third-order valence-electron chi connectivity index (χ3n) is 1.50. The first-order chi connectivity index (χ1) is 3.89. The first-order valence-corrected chi connectivity index (χ1v) is 4.18. The van der Waals surface area contributed by atoms with Gasteiger partial charge in [-0.05, 0) is 19.4 Å². The molecule has 2 heteroatoms. The second-order valence-electron chi connectivity index (χ2n) is 2.27. The summed E-state index contributed by atoms with van der Waals surface area (Å²) in [7, 11) is 0. The van der Waals surface area contributed by atoms with Gasteiger partial charge in [0.05, 0.1) is 4.95 Å². The van der Waals surface area contributed by atoms with E-state index in [1.165, 1.54) is 32.2 Å². The summed E-state index contributed by atoms with van der Waals surface area (Å²) in [6, 6.07) is 0. The SMILES string of the molecule is BrC1CCCCCN1. The second-order valence-corrected chi connectivity index (χ2v) is 3.38. The van der Waals surface area contributed by atoms with Gasteiger partial charge >= 0.3 is 0 Å². The summed E-state index contributed by atoms with van der Waals surface area (Å²) >= 11 is 3.53. The molecule has 0 aromatic carbocycles. The van der Waals surface area contributed by atoms with Crippen molar-refractivity contribution in [1.82, 2.24) is 5.32 Å². The van der Waals surface area contributed by atoms with E-state index >= 15 is 0 Å². The Morgan fingerprint density at radius 2 is 2.12 bits per heavy atom. The molecular formula is C6H12BrN. The Bertz CT molecular complexity index is 57.5. The molecule has 0 aromatic rings. The topological polar surface area (TPSA) is 12.0 Å². The van der Waals surface area contributed by atoms with Gasteiger partial charge in [-0.3, -0.25) is 0 Å². The summed E-state index contributed by atoms with van der Waals surface area (Å²) < 4.78 is 0. The third-order valence-corrected chi connectivity index (χ3v) is 2.28. The Hall–Kier alpha value is 0.440. The predicted molar refractivity (Wildman–Crippen MR) is 39.2 cm³/mol. The molecule has 0 bridgehead atoms. The molecule has 48 valence electrons. The van der Waals surface area contributed by atoms with Crippen LogP contribution in [-0.2, 0) is 0 Å². The number of rotatable bonds is 0. The highest BCUT2D eigenvalue weighted by Crippen LogP contribution is 2.11. The predicted octanol–water partition coefficient (Wildman–Crippen LogP) is 1.87. The molecule has 1 nitrogen and oxygen atoms in total. The minimum absolute atomic E-state index is 0.588. The van der Waals surface area contributed by atoms with Gasteiger partial charge in [-0.25, -0.2) is 0 Å². The first kappa shape index (κ1) is 6.56. The van der Waals surface area contributed by atoms with Gasteiger partial charge in [-0.2, -0.15) is 0 Å². The summed E-state index contributed by atoms with van der Waals surface area (Å²) in [5.41, 5.74) is 0. The fraction of sp³-hybridized carbons (Fsp3) is 1.00. The highest BCUT2D eigenvalue weighted by Gasteiger charge is 2.05. The monoisotopic (exact) mass is 177 g/mol. The van der Waals surface area contributed by atoms with Crippen molar-refractivity contribution in [3.8, 4) is 0 Å². The minimum atomic E-state index is 0.588. The summed E-state index contributed by atoms with van der Waals surface area (Å²) in [5, 5.41) is 3.36. The van der Waals surface area contributed by atoms with Crippen LogP contribution in [0.15, 0.2) is 0 Å². The Labute approximate surface area is 59.0 Å². The lowest BCUT2D eigenvalue weighted by atomic mass is 10.2. The zero-order valence-corrected chi connectivity index (χ0v) is 6.58. The van der Waals surface area contributed by atoms with E-state index in [1.54, 1.807) is 0 Å². The molecule has 1 rings (SSSR count). The van der Waals surface area contributed by atoms with Crippen LogP contribution in [0.5, 0.6) is 0 Å². The van der Waals surface area contributed by atoms with Gasteiger partial charge in [0.2, 0.25) is 0 Å². The third kappa shape index (κ3) is 2.14. The van der Waals surface area contributed by atoms with Crippen molar-refractivity contribution in [1.29, 1.82) is 0 Å². The van der Waals surface area contributed by atoms with Gasteiger partial charge < -0.3 is 5.32 Å². The largest absolute Gasteiger partial charge is 0.305 e. The molecule has 1 atom stereocenters. The summed E-state index contributed by atoms with van der Waals surface area (Å²) in [6.07, 6.45) is 5.42. The highest BCUT2D eigenvalue weighted by atomic mass is 79.9. The van der Waals surface area contributed by atoms with Crippen LogP contribution in [-0.4, -0.2) is 11.5 Å². The zero-order chi connectivity index (χ0) is 5.82. The van der Waals surface area contributed by atoms with Crippen molar-refractivity contribution in [2.45, 2.75) is 30.6 Å². The number of hydrogen-bond donors (Lipinski definition) is 1. The van der Waals surface area contributed by atoms with E-state index in [2.05, 4.69) is 21.2 Å². The van der Waals surface area contributed by atoms with E-state index in [9.17, 15) is 0 Å². The molecule has 1 heterocycles. The zero-order valence-electron chi connectivity index (χ0n) is 4.99. The lowest BCUT2D eigenvalue weighted by molar-refractivity contribution is 0.668. The lowest BCUT2D eigenvalue weighted by Crippen LogP contribution is -2.21. The van der Waals surface area contributed by atoms with Gasteiger partial charge in [0, 0.05) is 0 Å². The van der Waals surface area contributed by atoms with E-state index in [1.807, 2.05) is 0 Å². The smallest absolute Gasteiger partial charge is 0.0630 e. The van der Waals surface area contributed by atoms with Crippen molar-refractivity contribution >= 4 is 15.9 Å². The van der Waals surface area contributed by atoms with E-state index in [0.29, 0.717) is 4.95 Å². The molecule has 1 aliphatic heterocycles. The molecule has 1 N–H and O–H groups in total. The summed E-state index contributed by atoms with van der Waals surface area (Å²) in [5.74, 6) is 0. The molecule has 1 aliphatic rings. The molecule has 8 heavy (non-hydrogen) atoms. The van der Waals surface area contributed by atoms with E-state index in [0.717, 1.165) is 0 Å². The van der Waals surface area contributed by atoms with Crippen LogP contribution in [0.2, 0.25) is 0 Å². The van der Waals surface area contributed by atoms with Crippen molar-refractivity contribution in [3.63, 3.8) is 0 Å². The molecule has 1 fully saturated rings. The number of hydrogen-bond acceptors (Lipinski definition) is 1. The number of nitrogens with one attached hydrogen (secondary N) is 1. The van der Waals surface area contributed by atoms with Gasteiger partial charge in [-0.1, -0.05) is 28.8 Å². The minimum Gasteiger partial charge on any atom is -0.305 e. The van der Waals surface area contributed by atoms with Crippen LogP contribution in [0.25, 0.3) is 0 Å². The second kappa shape index (κ2) is 3.46. The Morgan fingerprint density at radius 1 is 1.25 bits per heavy atom. The van der Waals surface area contributed by atoms with Crippen LogP contribution in [0.1, 0.15) is 25.7 Å². The molecule has 0 amide bonds. The van der Waals surface area contributed by atoms with Gasteiger partial charge in [-0.15, -0.1) is 0 Å². The van der Waals surface area contributed by atoms with E-state index < -0.39 is 0 Å². The molecule has 0 aliphatic carbocycles. The average molecular weight is 178 g/mol. The van der Waals surface area contributed by atoms with Crippen LogP contribution in [0.4, 0.5) is 0 Å². The van der Waals surface area contributed by atoms with Crippen molar-refractivity contribution in [2.24, 2.45) is 0 Å². The molecule has 0 radical (unpaired) electrons. The van der Waals surface area contributed by atoms with Crippen molar-refractivity contribution < 1.29 is 0 Å². The maximum Gasteiger partial charge on any atom is 0.0630 e. The molecule has 1 saturated heterocycles. The first-order valence-electron chi connectivity index (χ1n) is 3.27.